The Morgan fingerprint density at radius 1 is 1.12 bits per heavy atom. The maximum atomic E-state index is 12.6. The van der Waals surface area contributed by atoms with Crippen molar-refractivity contribution in [2.24, 2.45) is 0 Å². The fourth-order valence-corrected chi connectivity index (χ4v) is 3.52. The van der Waals surface area contributed by atoms with E-state index in [1.165, 1.54) is 16.2 Å². The fourth-order valence-electron chi connectivity index (χ4n) is 2.11. The van der Waals surface area contributed by atoms with E-state index < -0.39 is 17.6 Å². The number of carbonyl (C=O) groups is 2. The predicted molar refractivity (Wildman–Crippen MR) is 98.1 cm³/mol. The van der Waals surface area contributed by atoms with Gasteiger partial charge in [0.15, 0.2) is 0 Å². The molecular weight excluding hydrogens is 394 g/mol. The Labute approximate surface area is 153 Å². The van der Waals surface area contributed by atoms with Crippen LogP contribution < -0.4 is 9.64 Å². The number of esters is 1. The highest BCUT2D eigenvalue weighted by Gasteiger charge is 2.31. The highest BCUT2D eigenvalue weighted by atomic mass is 79.9. The van der Waals surface area contributed by atoms with Crippen LogP contribution in [0.1, 0.15) is 30.4 Å². The van der Waals surface area contributed by atoms with Crippen molar-refractivity contribution in [1.82, 2.24) is 0 Å². The van der Waals surface area contributed by atoms with Gasteiger partial charge in [-0.1, -0.05) is 0 Å². The number of benzene rings is 1. The summed E-state index contributed by atoms with van der Waals surface area (Å²) in [5.74, 6) is 0.00389. The van der Waals surface area contributed by atoms with E-state index in [0.717, 1.165) is 0 Å². The van der Waals surface area contributed by atoms with Gasteiger partial charge in [-0.25, -0.2) is 9.59 Å². The lowest BCUT2D eigenvalue weighted by Gasteiger charge is -2.34. The van der Waals surface area contributed by atoms with Gasteiger partial charge in [-0.3, -0.25) is 4.90 Å². The van der Waals surface area contributed by atoms with Gasteiger partial charge in [0.1, 0.15) is 10.6 Å². The van der Waals surface area contributed by atoms with Crippen LogP contribution >= 0.6 is 27.3 Å². The first-order valence-corrected chi connectivity index (χ1v) is 8.84. The summed E-state index contributed by atoms with van der Waals surface area (Å²) in [6.07, 6.45) is -0.724. The average Bonchev–Trinajstić information content (AvgIpc) is 2.93. The topological polar surface area (TPSA) is 55.8 Å². The third kappa shape index (κ3) is 4.15. The molecule has 2 aromatic rings. The van der Waals surface area contributed by atoms with Crippen molar-refractivity contribution >= 4 is 45.0 Å². The number of hydrogen-bond acceptors (Lipinski definition) is 5. The number of nitrogens with zero attached hydrogens (tertiary/aromatic N) is 1. The number of anilines is 1. The Balaban J connectivity index is 2.26. The van der Waals surface area contributed by atoms with E-state index in [9.17, 15) is 9.59 Å². The van der Waals surface area contributed by atoms with E-state index in [1.54, 1.807) is 42.8 Å². The molecule has 1 amide bonds. The summed E-state index contributed by atoms with van der Waals surface area (Å²) in [7, 11) is 1.57. The molecule has 0 aliphatic carbocycles. The maximum absolute atomic E-state index is 12.6. The molecule has 5 nitrogen and oxygen atoms in total. The number of halogens is 1. The van der Waals surface area contributed by atoms with Crippen molar-refractivity contribution in [2.45, 2.75) is 26.3 Å². The van der Waals surface area contributed by atoms with Crippen LogP contribution in [-0.4, -0.2) is 24.7 Å². The van der Waals surface area contributed by atoms with Gasteiger partial charge in [0.25, 0.3) is 0 Å². The SMILES string of the molecule is COc1ccc(N(C(=O)OC(=O)c2sccc2Br)C(C)(C)C)cc1. The van der Waals surface area contributed by atoms with Gasteiger partial charge in [0.2, 0.25) is 0 Å². The lowest BCUT2D eigenvalue weighted by molar-refractivity contribution is 0.0632. The standard InChI is InChI=1S/C17H18BrNO4S/c1-17(2,3)19(11-5-7-12(22-4)8-6-11)16(21)23-15(20)14-13(18)9-10-24-14/h5-10H,1-4H3. The second kappa shape index (κ2) is 7.36. The molecule has 1 aromatic carbocycles. The Morgan fingerprint density at radius 3 is 2.21 bits per heavy atom. The van der Waals surface area contributed by atoms with E-state index in [2.05, 4.69) is 15.9 Å². The molecule has 0 radical (unpaired) electrons. The zero-order chi connectivity index (χ0) is 17.9. The van der Waals surface area contributed by atoms with Crippen molar-refractivity contribution in [3.8, 4) is 5.75 Å². The third-order valence-corrected chi connectivity index (χ3v) is 4.98. The van der Waals surface area contributed by atoms with Crippen LogP contribution in [-0.2, 0) is 4.74 Å². The summed E-state index contributed by atoms with van der Waals surface area (Å²) >= 11 is 4.48. The van der Waals surface area contributed by atoms with Gasteiger partial charge in [-0.15, -0.1) is 11.3 Å². The molecule has 7 heteroatoms. The van der Waals surface area contributed by atoms with Crippen molar-refractivity contribution in [1.29, 1.82) is 0 Å². The van der Waals surface area contributed by atoms with Crippen molar-refractivity contribution < 1.29 is 19.1 Å². The summed E-state index contributed by atoms with van der Waals surface area (Å²) in [6, 6.07) is 8.72. The Morgan fingerprint density at radius 2 is 1.75 bits per heavy atom. The lowest BCUT2D eigenvalue weighted by Crippen LogP contribution is -2.46. The maximum Gasteiger partial charge on any atom is 0.422 e. The first kappa shape index (κ1) is 18.5. The molecule has 0 spiro atoms. The normalized spacial score (nSPS) is 11.0. The van der Waals surface area contributed by atoms with Crippen LogP contribution in [0.3, 0.4) is 0 Å². The number of carbonyl (C=O) groups excluding carboxylic acids is 2. The van der Waals surface area contributed by atoms with E-state index in [0.29, 0.717) is 20.8 Å². The Hall–Kier alpha value is -1.86. The molecule has 0 unspecified atom stereocenters. The molecule has 0 bridgehead atoms. The average molecular weight is 412 g/mol. The van der Waals surface area contributed by atoms with Gasteiger partial charge >= 0.3 is 12.1 Å². The monoisotopic (exact) mass is 411 g/mol. The zero-order valence-corrected chi connectivity index (χ0v) is 16.2. The van der Waals surface area contributed by atoms with Crippen molar-refractivity contribution in [2.75, 3.05) is 12.0 Å². The molecule has 2 rings (SSSR count). The van der Waals surface area contributed by atoms with Gasteiger partial charge in [0, 0.05) is 15.7 Å². The minimum Gasteiger partial charge on any atom is -0.497 e. The number of thiophene rings is 1. The highest BCUT2D eigenvalue weighted by molar-refractivity contribution is 9.10. The van der Waals surface area contributed by atoms with Gasteiger partial charge < -0.3 is 9.47 Å². The van der Waals surface area contributed by atoms with E-state index in [4.69, 9.17) is 9.47 Å². The molecule has 1 heterocycles. The minimum atomic E-state index is -0.724. The summed E-state index contributed by atoms with van der Waals surface area (Å²) in [5, 5.41) is 1.75. The lowest BCUT2D eigenvalue weighted by atomic mass is 10.1. The largest absolute Gasteiger partial charge is 0.497 e. The Kier molecular flexibility index (Phi) is 5.66. The van der Waals surface area contributed by atoms with Crippen LogP contribution in [0.4, 0.5) is 10.5 Å². The van der Waals surface area contributed by atoms with E-state index in [-0.39, 0.29) is 0 Å². The minimum absolute atomic E-state index is 0.354. The van der Waals surface area contributed by atoms with Crippen LogP contribution in [0.2, 0.25) is 0 Å². The smallest absolute Gasteiger partial charge is 0.422 e. The van der Waals surface area contributed by atoms with E-state index >= 15 is 0 Å². The first-order valence-electron chi connectivity index (χ1n) is 7.17. The van der Waals surface area contributed by atoms with Crippen LogP contribution in [0, 0.1) is 0 Å². The molecular formula is C17H18BrNO4S. The van der Waals surface area contributed by atoms with Crippen LogP contribution in [0.25, 0.3) is 0 Å². The fraction of sp³-hybridized carbons (Fsp3) is 0.294. The second-order valence-electron chi connectivity index (χ2n) is 5.96. The molecule has 128 valence electrons. The number of methoxy groups -OCH3 is 1. The van der Waals surface area contributed by atoms with Crippen LogP contribution in [0.5, 0.6) is 5.75 Å². The molecule has 0 aliphatic heterocycles. The quantitative estimate of drug-likeness (QED) is 0.520. The van der Waals surface area contributed by atoms with Crippen molar-refractivity contribution in [3.05, 3.63) is 45.1 Å². The molecule has 0 N–H and O–H groups in total. The van der Waals surface area contributed by atoms with Crippen LogP contribution in [0.15, 0.2) is 40.2 Å². The van der Waals surface area contributed by atoms with Crippen molar-refractivity contribution in [3.63, 3.8) is 0 Å². The molecule has 0 atom stereocenters. The molecule has 0 fully saturated rings. The van der Waals surface area contributed by atoms with Gasteiger partial charge in [0.05, 0.1) is 7.11 Å². The number of ether oxygens (including phenoxy) is 2. The number of hydrogen-bond donors (Lipinski definition) is 0. The van der Waals surface area contributed by atoms with E-state index in [1.807, 2.05) is 20.8 Å². The van der Waals surface area contributed by atoms with Gasteiger partial charge in [-0.05, 0) is 72.4 Å². The summed E-state index contributed by atoms with van der Waals surface area (Å²) in [4.78, 5) is 26.6. The molecule has 0 aliphatic rings. The second-order valence-corrected chi connectivity index (χ2v) is 7.73. The molecule has 1 aromatic heterocycles. The molecule has 0 saturated heterocycles. The summed E-state index contributed by atoms with van der Waals surface area (Å²) in [5.41, 5.74) is 0.0462. The first-order chi connectivity index (χ1) is 11.2. The zero-order valence-electron chi connectivity index (χ0n) is 13.8. The third-order valence-electron chi connectivity index (χ3n) is 3.17. The summed E-state index contributed by atoms with van der Waals surface area (Å²) < 4.78 is 10.8. The highest BCUT2D eigenvalue weighted by Crippen LogP contribution is 2.28. The number of amides is 1. The Bertz CT molecular complexity index is 734. The van der Waals surface area contributed by atoms with Gasteiger partial charge in [-0.2, -0.15) is 0 Å². The molecule has 24 heavy (non-hydrogen) atoms. The predicted octanol–water partition coefficient (Wildman–Crippen LogP) is 5.10. The summed E-state index contributed by atoms with van der Waals surface area (Å²) in [6.45, 7) is 5.60. The number of rotatable bonds is 3. The molecule has 0 saturated carbocycles.